The van der Waals surface area contributed by atoms with Crippen LogP contribution < -0.4 is 10.6 Å². The van der Waals surface area contributed by atoms with Crippen molar-refractivity contribution in [2.24, 2.45) is 10.8 Å². The summed E-state index contributed by atoms with van der Waals surface area (Å²) in [6, 6.07) is 0.695. The van der Waals surface area contributed by atoms with Crippen LogP contribution in [0.1, 0.15) is 34.1 Å². The molecule has 2 N–H and O–H groups in total. The van der Waals surface area contributed by atoms with E-state index in [2.05, 4.69) is 43.2 Å². The van der Waals surface area contributed by atoms with Gasteiger partial charge < -0.3 is 15.5 Å². The van der Waals surface area contributed by atoms with Gasteiger partial charge in [0, 0.05) is 32.2 Å². The molecule has 0 radical (unpaired) electrons. The summed E-state index contributed by atoms with van der Waals surface area (Å²) in [6.07, 6.45) is 1.29. The highest BCUT2D eigenvalue weighted by Crippen LogP contribution is 2.62. The summed E-state index contributed by atoms with van der Waals surface area (Å²) in [5.74, 6) is 0. The summed E-state index contributed by atoms with van der Waals surface area (Å²) in [7, 11) is 0. The smallest absolute Gasteiger partial charge is 0.0181 e. The van der Waals surface area contributed by atoms with Crippen LogP contribution in [0.3, 0.4) is 0 Å². The third-order valence-electron chi connectivity index (χ3n) is 5.23. The van der Waals surface area contributed by atoms with E-state index in [1.807, 2.05) is 0 Å². The predicted molar refractivity (Wildman–Crippen MR) is 73.3 cm³/mol. The summed E-state index contributed by atoms with van der Waals surface area (Å²) in [4.78, 5) is 2.58. The van der Waals surface area contributed by atoms with Crippen molar-refractivity contribution >= 4 is 0 Å². The molecule has 0 aromatic carbocycles. The lowest BCUT2D eigenvalue weighted by Gasteiger charge is -2.19. The Labute approximate surface area is 106 Å². The summed E-state index contributed by atoms with van der Waals surface area (Å²) in [5.41, 5.74) is 0.931. The average Bonchev–Trinajstić information content (AvgIpc) is 2.79. The zero-order chi connectivity index (χ0) is 12.5. The lowest BCUT2D eigenvalue weighted by Crippen LogP contribution is -2.36. The van der Waals surface area contributed by atoms with Gasteiger partial charge in [-0.2, -0.15) is 0 Å². The van der Waals surface area contributed by atoms with E-state index in [-0.39, 0.29) is 0 Å². The molecule has 1 aliphatic heterocycles. The van der Waals surface area contributed by atoms with E-state index in [4.69, 9.17) is 0 Å². The topological polar surface area (TPSA) is 27.3 Å². The fourth-order valence-electron chi connectivity index (χ4n) is 3.20. The van der Waals surface area contributed by atoms with Crippen molar-refractivity contribution in [3.63, 3.8) is 0 Å². The van der Waals surface area contributed by atoms with Crippen LogP contribution in [0.15, 0.2) is 0 Å². The molecule has 0 aromatic rings. The Kier molecular flexibility index (Phi) is 3.81. The third-order valence-corrected chi connectivity index (χ3v) is 5.23. The molecule has 1 heterocycles. The SMILES string of the molecule is CC1(C)C(NCCN2CCCNCC2)C1(C)C. The van der Waals surface area contributed by atoms with Crippen LogP contribution in [0.25, 0.3) is 0 Å². The standard InChI is InChI=1S/C14H29N3/c1-13(2)12(14(13,3)4)16-8-11-17-9-5-6-15-7-10-17/h12,15-16H,5-11H2,1-4H3. The van der Waals surface area contributed by atoms with Crippen LogP contribution in [0.2, 0.25) is 0 Å². The minimum Gasteiger partial charge on any atom is -0.315 e. The molecule has 100 valence electrons. The van der Waals surface area contributed by atoms with Crippen LogP contribution in [0, 0.1) is 10.8 Å². The van der Waals surface area contributed by atoms with E-state index < -0.39 is 0 Å². The molecule has 0 aromatic heterocycles. The lowest BCUT2D eigenvalue weighted by molar-refractivity contribution is 0.288. The van der Waals surface area contributed by atoms with E-state index in [1.54, 1.807) is 0 Å². The first kappa shape index (κ1) is 13.3. The summed E-state index contributed by atoms with van der Waals surface area (Å²) in [5, 5.41) is 7.20. The minimum absolute atomic E-state index is 0.466. The molecule has 0 atom stereocenters. The van der Waals surface area contributed by atoms with Gasteiger partial charge in [0.1, 0.15) is 0 Å². The molecule has 2 fully saturated rings. The largest absolute Gasteiger partial charge is 0.315 e. The van der Waals surface area contributed by atoms with Crippen LogP contribution in [0.5, 0.6) is 0 Å². The van der Waals surface area contributed by atoms with E-state index in [9.17, 15) is 0 Å². The molecule has 1 saturated heterocycles. The Hall–Kier alpha value is -0.120. The van der Waals surface area contributed by atoms with E-state index in [0.717, 1.165) is 13.1 Å². The number of hydrogen-bond donors (Lipinski definition) is 2. The molecular formula is C14H29N3. The van der Waals surface area contributed by atoms with Crippen molar-refractivity contribution < 1.29 is 0 Å². The van der Waals surface area contributed by atoms with E-state index in [1.165, 1.54) is 32.6 Å². The minimum atomic E-state index is 0.466. The molecule has 2 aliphatic rings. The Balaban J connectivity index is 1.67. The van der Waals surface area contributed by atoms with Crippen molar-refractivity contribution in [1.29, 1.82) is 0 Å². The first-order chi connectivity index (χ1) is 7.96. The second kappa shape index (κ2) is 4.87. The summed E-state index contributed by atoms with van der Waals surface area (Å²) in [6.45, 7) is 16.6. The molecule has 0 unspecified atom stereocenters. The van der Waals surface area contributed by atoms with Gasteiger partial charge in [-0.05, 0) is 30.3 Å². The molecule has 0 amide bonds. The maximum Gasteiger partial charge on any atom is 0.0181 e. The van der Waals surface area contributed by atoms with Crippen LogP contribution >= 0.6 is 0 Å². The van der Waals surface area contributed by atoms with Crippen LogP contribution in [-0.4, -0.2) is 50.2 Å². The van der Waals surface area contributed by atoms with Gasteiger partial charge in [0.05, 0.1) is 0 Å². The van der Waals surface area contributed by atoms with Gasteiger partial charge in [-0.25, -0.2) is 0 Å². The fraction of sp³-hybridized carbons (Fsp3) is 1.00. The quantitative estimate of drug-likeness (QED) is 0.774. The third kappa shape index (κ3) is 2.67. The molecule has 0 spiro atoms. The molecule has 0 bridgehead atoms. The number of nitrogens with one attached hydrogen (secondary N) is 2. The molecule has 1 saturated carbocycles. The predicted octanol–water partition coefficient (Wildman–Crippen LogP) is 1.31. The van der Waals surface area contributed by atoms with Crippen molar-refractivity contribution in [3.05, 3.63) is 0 Å². The second-order valence-corrected chi connectivity index (χ2v) is 6.78. The van der Waals surface area contributed by atoms with Gasteiger partial charge >= 0.3 is 0 Å². The Morgan fingerprint density at radius 2 is 1.82 bits per heavy atom. The number of nitrogens with zero attached hydrogens (tertiary/aromatic N) is 1. The van der Waals surface area contributed by atoms with Crippen molar-refractivity contribution in [1.82, 2.24) is 15.5 Å². The zero-order valence-corrected chi connectivity index (χ0v) is 12.0. The highest BCUT2D eigenvalue weighted by atomic mass is 15.2. The maximum atomic E-state index is 3.74. The highest BCUT2D eigenvalue weighted by Gasteiger charge is 2.64. The molecule has 3 heteroatoms. The Morgan fingerprint density at radius 3 is 2.47 bits per heavy atom. The highest BCUT2D eigenvalue weighted by molar-refractivity contribution is 5.17. The van der Waals surface area contributed by atoms with Gasteiger partial charge in [0.25, 0.3) is 0 Å². The lowest BCUT2D eigenvalue weighted by atomic mass is 10.0. The van der Waals surface area contributed by atoms with Gasteiger partial charge in [0.2, 0.25) is 0 Å². The van der Waals surface area contributed by atoms with Crippen molar-refractivity contribution in [2.45, 2.75) is 40.2 Å². The van der Waals surface area contributed by atoms with Gasteiger partial charge in [-0.15, -0.1) is 0 Å². The first-order valence-corrected chi connectivity index (χ1v) is 7.13. The summed E-state index contributed by atoms with van der Waals surface area (Å²) >= 11 is 0. The normalized spacial score (nSPS) is 28.9. The van der Waals surface area contributed by atoms with Gasteiger partial charge in [-0.3, -0.25) is 0 Å². The zero-order valence-electron chi connectivity index (χ0n) is 12.0. The number of hydrogen-bond acceptors (Lipinski definition) is 3. The maximum absolute atomic E-state index is 3.74. The fourth-order valence-corrected chi connectivity index (χ4v) is 3.20. The second-order valence-electron chi connectivity index (χ2n) is 6.78. The Morgan fingerprint density at radius 1 is 1.12 bits per heavy atom. The number of rotatable bonds is 4. The molecular weight excluding hydrogens is 210 g/mol. The van der Waals surface area contributed by atoms with Crippen molar-refractivity contribution in [3.8, 4) is 0 Å². The van der Waals surface area contributed by atoms with Crippen LogP contribution in [-0.2, 0) is 0 Å². The monoisotopic (exact) mass is 239 g/mol. The van der Waals surface area contributed by atoms with E-state index >= 15 is 0 Å². The Bertz CT molecular complexity index is 238. The van der Waals surface area contributed by atoms with E-state index in [0.29, 0.717) is 16.9 Å². The van der Waals surface area contributed by atoms with Crippen LogP contribution in [0.4, 0.5) is 0 Å². The molecule has 1 aliphatic carbocycles. The molecule has 17 heavy (non-hydrogen) atoms. The average molecular weight is 239 g/mol. The first-order valence-electron chi connectivity index (χ1n) is 7.13. The summed E-state index contributed by atoms with van der Waals surface area (Å²) < 4.78 is 0. The van der Waals surface area contributed by atoms with Gasteiger partial charge in [0.15, 0.2) is 0 Å². The molecule has 2 rings (SSSR count). The van der Waals surface area contributed by atoms with Crippen molar-refractivity contribution in [2.75, 3.05) is 39.3 Å². The van der Waals surface area contributed by atoms with Gasteiger partial charge in [-0.1, -0.05) is 27.7 Å². The molecule has 3 nitrogen and oxygen atoms in total.